The molecular formula is C12H14ClNO3S. The molecule has 0 heterocycles. The largest absolute Gasteiger partial charge is 0.485 e. The van der Waals surface area contributed by atoms with E-state index in [2.05, 4.69) is 0 Å². The van der Waals surface area contributed by atoms with Crippen LogP contribution in [0, 0.1) is 0 Å². The zero-order chi connectivity index (χ0) is 13.2. The highest BCUT2D eigenvalue weighted by Crippen LogP contribution is 2.28. The predicted molar refractivity (Wildman–Crippen MR) is 70.2 cm³/mol. The molecule has 1 aromatic carbocycles. The molecule has 2 N–H and O–H groups in total. The SMILES string of the molecule is NS(=O)(=O)c1cc(Cl)ccc1OC1C=CCCC1. The van der Waals surface area contributed by atoms with Crippen molar-refractivity contribution in [2.45, 2.75) is 30.3 Å². The molecule has 0 saturated heterocycles. The Morgan fingerprint density at radius 2 is 2.17 bits per heavy atom. The lowest BCUT2D eigenvalue weighted by atomic mass is 10.1. The van der Waals surface area contributed by atoms with Gasteiger partial charge in [-0.2, -0.15) is 0 Å². The summed E-state index contributed by atoms with van der Waals surface area (Å²) in [6.45, 7) is 0. The first-order chi connectivity index (χ1) is 8.47. The lowest BCUT2D eigenvalue weighted by molar-refractivity contribution is 0.224. The summed E-state index contributed by atoms with van der Waals surface area (Å²) in [6.07, 6.45) is 6.78. The van der Waals surface area contributed by atoms with Crippen LogP contribution in [0.3, 0.4) is 0 Å². The number of nitrogens with two attached hydrogens (primary N) is 1. The number of primary sulfonamides is 1. The highest BCUT2D eigenvalue weighted by atomic mass is 35.5. The van der Waals surface area contributed by atoms with E-state index in [1.807, 2.05) is 12.2 Å². The fraction of sp³-hybridized carbons (Fsp3) is 0.333. The van der Waals surface area contributed by atoms with Gasteiger partial charge in [-0.3, -0.25) is 0 Å². The number of sulfonamides is 1. The summed E-state index contributed by atoms with van der Waals surface area (Å²) in [5.74, 6) is 0.249. The number of hydrogen-bond donors (Lipinski definition) is 1. The smallest absolute Gasteiger partial charge is 0.241 e. The molecule has 98 valence electrons. The van der Waals surface area contributed by atoms with Gasteiger partial charge in [0.05, 0.1) is 0 Å². The van der Waals surface area contributed by atoms with E-state index >= 15 is 0 Å². The summed E-state index contributed by atoms with van der Waals surface area (Å²) in [7, 11) is -3.84. The molecule has 18 heavy (non-hydrogen) atoms. The van der Waals surface area contributed by atoms with Gasteiger partial charge in [0.2, 0.25) is 10.0 Å². The molecule has 0 radical (unpaired) electrons. The Hall–Kier alpha value is -1.04. The third kappa shape index (κ3) is 3.25. The molecule has 0 amide bonds. The van der Waals surface area contributed by atoms with Gasteiger partial charge in [-0.1, -0.05) is 17.7 Å². The van der Waals surface area contributed by atoms with Crippen molar-refractivity contribution in [3.05, 3.63) is 35.4 Å². The third-order valence-corrected chi connectivity index (χ3v) is 3.87. The average Bonchev–Trinajstić information content (AvgIpc) is 2.31. The molecule has 1 aromatic rings. The van der Waals surface area contributed by atoms with Crippen LogP contribution in [-0.4, -0.2) is 14.5 Å². The molecule has 0 aromatic heterocycles. The molecule has 0 saturated carbocycles. The van der Waals surface area contributed by atoms with Crippen LogP contribution in [0.5, 0.6) is 5.75 Å². The Morgan fingerprint density at radius 3 is 2.78 bits per heavy atom. The lowest BCUT2D eigenvalue weighted by Crippen LogP contribution is -2.19. The van der Waals surface area contributed by atoms with E-state index in [9.17, 15) is 8.42 Å². The van der Waals surface area contributed by atoms with E-state index in [1.54, 1.807) is 6.07 Å². The number of allylic oxidation sites excluding steroid dienone is 1. The zero-order valence-electron chi connectivity index (χ0n) is 9.67. The second-order valence-electron chi connectivity index (χ2n) is 4.15. The maximum atomic E-state index is 11.5. The maximum Gasteiger partial charge on any atom is 0.241 e. The minimum Gasteiger partial charge on any atom is -0.485 e. The minimum atomic E-state index is -3.84. The van der Waals surface area contributed by atoms with E-state index in [4.69, 9.17) is 21.5 Å². The van der Waals surface area contributed by atoms with Gasteiger partial charge >= 0.3 is 0 Å². The fourth-order valence-corrected chi connectivity index (χ4v) is 2.77. The van der Waals surface area contributed by atoms with E-state index < -0.39 is 10.0 Å². The molecule has 4 nitrogen and oxygen atoms in total. The average molecular weight is 288 g/mol. The highest BCUT2D eigenvalue weighted by Gasteiger charge is 2.19. The summed E-state index contributed by atoms with van der Waals surface area (Å²) in [6, 6.07) is 4.42. The summed E-state index contributed by atoms with van der Waals surface area (Å²) >= 11 is 5.78. The number of benzene rings is 1. The van der Waals surface area contributed by atoms with Crippen LogP contribution in [0.15, 0.2) is 35.2 Å². The molecule has 0 spiro atoms. The normalized spacial score (nSPS) is 19.8. The molecule has 0 fully saturated rings. The highest BCUT2D eigenvalue weighted by molar-refractivity contribution is 7.89. The molecular weight excluding hydrogens is 274 g/mol. The van der Waals surface area contributed by atoms with Crippen LogP contribution in [0.4, 0.5) is 0 Å². The van der Waals surface area contributed by atoms with Crippen LogP contribution >= 0.6 is 11.6 Å². The number of ether oxygens (including phenoxy) is 1. The molecule has 1 unspecified atom stereocenters. The van der Waals surface area contributed by atoms with Crippen molar-refractivity contribution in [1.82, 2.24) is 0 Å². The minimum absolute atomic E-state index is 0.0750. The van der Waals surface area contributed by atoms with E-state index in [0.717, 1.165) is 19.3 Å². The fourth-order valence-electron chi connectivity index (χ4n) is 1.84. The monoisotopic (exact) mass is 287 g/mol. The molecule has 6 heteroatoms. The van der Waals surface area contributed by atoms with Crippen molar-refractivity contribution in [2.75, 3.05) is 0 Å². The van der Waals surface area contributed by atoms with E-state index in [1.165, 1.54) is 12.1 Å². The Morgan fingerprint density at radius 1 is 1.39 bits per heavy atom. The van der Waals surface area contributed by atoms with E-state index in [-0.39, 0.29) is 16.7 Å². The van der Waals surface area contributed by atoms with Gasteiger partial charge in [0, 0.05) is 5.02 Å². The van der Waals surface area contributed by atoms with Crippen molar-refractivity contribution in [2.24, 2.45) is 5.14 Å². The van der Waals surface area contributed by atoms with Crippen molar-refractivity contribution in [1.29, 1.82) is 0 Å². The van der Waals surface area contributed by atoms with Crippen molar-refractivity contribution < 1.29 is 13.2 Å². The second-order valence-corrected chi connectivity index (χ2v) is 6.12. The van der Waals surface area contributed by atoms with Crippen molar-refractivity contribution >= 4 is 21.6 Å². The molecule has 2 rings (SSSR count). The number of halogens is 1. The topological polar surface area (TPSA) is 69.4 Å². The summed E-state index contributed by atoms with van der Waals surface area (Å²) in [5, 5.41) is 5.46. The van der Waals surface area contributed by atoms with Gasteiger partial charge < -0.3 is 4.74 Å². The first-order valence-corrected chi connectivity index (χ1v) is 7.55. The standard InChI is InChI=1S/C12H14ClNO3S/c13-9-6-7-11(12(8-9)18(14,15)16)17-10-4-2-1-3-5-10/h2,4,6-8,10H,1,3,5H2,(H2,14,15,16). The lowest BCUT2D eigenvalue weighted by Gasteiger charge is -2.20. The Kier molecular flexibility index (Phi) is 3.94. The van der Waals surface area contributed by atoms with Crippen LogP contribution in [0.2, 0.25) is 5.02 Å². The van der Waals surface area contributed by atoms with Crippen molar-refractivity contribution in [3.63, 3.8) is 0 Å². The van der Waals surface area contributed by atoms with Crippen LogP contribution in [0.25, 0.3) is 0 Å². The first-order valence-electron chi connectivity index (χ1n) is 5.62. The second kappa shape index (κ2) is 5.30. The zero-order valence-corrected chi connectivity index (χ0v) is 11.2. The van der Waals surface area contributed by atoms with Crippen LogP contribution in [0.1, 0.15) is 19.3 Å². The number of rotatable bonds is 3. The van der Waals surface area contributed by atoms with Gasteiger partial charge in [0.25, 0.3) is 0 Å². The van der Waals surface area contributed by atoms with Crippen LogP contribution in [-0.2, 0) is 10.0 Å². The summed E-state index contributed by atoms with van der Waals surface area (Å²) in [5.41, 5.74) is 0. The quantitative estimate of drug-likeness (QED) is 0.868. The van der Waals surface area contributed by atoms with Gasteiger partial charge in [-0.25, -0.2) is 13.6 Å². The third-order valence-electron chi connectivity index (χ3n) is 2.70. The maximum absolute atomic E-state index is 11.5. The van der Waals surface area contributed by atoms with Gasteiger partial charge in [-0.05, 0) is 43.5 Å². The van der Waals surface area contributed by atoms with Gasteiger partial charge in [-0.15, -0.1) is 0 Å². The Bertz CT molecular complexity index is 569. The number of hydrogen-bond acceptors (Lipinski definition) is 3. The van der Waals surface area contributed by atoms with Crippen LogP contribution < -0.4 is 9.88 Å². The predicted octanol–water partition coefficient (Wildman–Crippen LogP) is 2.47. The van der Waals surface area contributed by atoms with Crippen molar-refractivity contribution in [3.8, 4) is 5.75 Å². The molecule has 0 bridgehead atoms. The Balaban J connectivity index is 2.32. The van der Waals surface area contributed by atoms with E-state index in [0.29, 0.717) is 5.02 Å². The molecule has 1 aliphatic carbocycles. The first kappa shape index (κ1) is 13.4. The molecule has 1 aliphatic rings. The van der Waals surface area contributed by atoms with Gasteiger partial charge in [0.15, 0.2) is 0 Å². The summed E-state index contributed by atoms with van der Waals surface area (Å²) < 4.78 is 28.6. The molecule has 0 aliphatic heterocycles. The van der Waals surface area contributed by atoms with Gasteiger partial charge in [0.1, 0.15) is 16.7 Å². The summed E-state index contributed by atoms with van der Waals surface area (Å²) in [4.78, 5) is -0.0750. The Labute approximate surface area is 111 Å². The molecule has 1 atom stereocenters.